The lowest BCUT2D eigenvalue weighted by Gasteiger charge is -2.11. The van der Waals surface area contributed by atoms with Crippen LogP contribution in [0.15, 0.2) is 91.3 Å². The first kappa shape index (κ1) is 18.9. The van der Waals surface area contributed by atoms with Gasteiger partial charge in [-0.05, 0) is 48.5 Å². The largest absolute Gasteiger partial charge is 0.478 e. The van der Waals surface area contributed by atoms with Crippen LogP contribution >= 0.6 is 0 Å². The van der Waals surface area contributed by atoms with Crippen molar-refractivity contribution in [3.63, 3.8) is 0 Å². The van der Waals surface area contributed by atoms with Crippen LogP contribution in [0.2, 0.25) is 0 Å². The second-order valence-corrected chi connectivity index (χ2v) is 6.33. The maximum atomic E-state index is 11.4. The van der Waals surface area contributed by atoms with Gasteiger partial charge in [-0.1, -0.05) is 30.3 Å². The molecule has 0 amide bonds. The van der Waals surface area contributed by atoms with Gasteiger partial charge < -0.3 is 20.5 Å². The van der Waals surface area contributed by atoms with Crippen LogP contribution in [0.5, 0.6) is 11.5 Å². The van der Waals surface area contributed by atoms with Crippen molar-refractivity contribution < 1.29 is 14.6 Å². The molecule has 0 aliphatic rings. The van der Waals surface area contributed by atoms with Crippen LogP contribution in [-0.2, 0) is 0 Å². The van der Waals surface area contributed by atoms with E-state index in [1.807, 2.05) is 54.6 Å². The van der Waals surface area contributed by atoms with Crippen molar-refractivity contribution >= 4 is 29.0 Å². The van der Waals surface area contributed by atoms with E-state index in [4.69, 9.17) is 4.74 Å². The molecule has 3 N–H and O–H groups in total. The second kappa shape index (κ2) is 8.74. The van der Waals surface area contributed by atoms with Crippen molar-refractivity contribution in [2.75, 3.05) is 10.6 Å². The molecule has 30 heavy (non-hydrogen) atoms. The number of carboxylic acids is 1. The minimum atomic E-state index is -1.01. The van der Waals surface area contributed by atoms with E-state index >= 15 is 0 Å². The lowest BCUT2D eigenvalue weighted by molar-refractivity contribution is 0.0698. The predicted molar refractivity (Wildman–Crippen MR) is 115 cm³/mol. The molecular formula is C23H18N4O3. The molecule has 0 unspecified atom stereocenters. The summed E-state index contributed by atoms with van der Waals surface area (Å²) >= 11 is 0. The zero-order valence-corrected chi connectivity index (χ0v) is 15.8. The van der Waals surface area contributed by atoms with Gasteiger partial charge in [-0.3, -0.25) is 0 Å². The molecule has 0 saturated heterocycles. The van der Waals surface area contributed by atoms with Gasteiger partial charge in [-0.25, -0.2) is 14.8 Å². The Hall–Kier alpha value is -4.39. The molecule has 4 aromatic rings. The molecule has 0 saturated carbocycles. The fourth-order valence-corrected chi connectivity index (χ4v) is 2.79. The summed E-state index contributed by atoms with van der Waals surface area (Å²) in [5, 5.41) is 15.5. The fourth-order valence-electron chi connectivity index (χ4n) is 2.79. The summed E-state index contributed by atoms with van der Waals surface area (Å²) < 4.78 is 5.79. The molecule has 1 aromatic heterocycles. The van der Waals surface area contributed by atoms with Crippen molar-refractivity contribution in [3.8, 4) is 11.5 Å². The van der Waals surface area contributed by atoms with Gasteiger partial charge in [-0.15, -0.1) is 0 Å². The fraction of sp³-hybridized carbons (Fsp3) is 0. The van der Waals surface area contributed by atoms with Gasteiger partial charge in [0.15, 0.2) is 0 Å². The van der Waals surface area contributed by atoms with Crippen molar-refractivity contribution in [1.29, 1.82) is 0 Å². The summed E-state index contributed by atoms with van der Waals surface area (Å²) in [5.74, 6) is 1.53. The first-order valence-electron chi connectivity index (χ1n) is 9.19. The van der Waals surface area contributed by atoms with E-state index in [1.165, 1.54) is 12.4 Å². The number of nitrogens with one attached hydrogen (secondary N) is 2. The van der Waals surface area contributed by atoms with Crippen molar-refractivity contribution in [1.82, 2.24) is 9.97 Å². The topological polar surface area (TPSA) is 96.4 Å². The van der Waals surface area contributed by atoms with E-state index in [0.29, 0.717) is 17.3 Å². The number of anilines is 4. The molecule has 1 heterocycles. The standard InChI is InChI=1S/C23H18N4O3/c28-23(29)19-8-4-5-9-20(19)27-22-14-21(24-15-25-22)26-16-10-12-18(13-11-16)30-17-6-2-1-3-7-17/h1-15H,(H,28,29)(H2,24,25,26,27). The molecule has 0 radical (unpaired) electrons. The van der Waals surface area contributed by atoms with Gasteiger partial charge in [0.25, 0.3) is 0 Å². The Bertz CT molecular complexity index is 1150. The lowest BCUT2D eigenvalue weighted by atomic mass is 10.2. The molecule has 148 valence electrons. The Kier molecular flexibility index (Phi) is 5.52. The smallest absolute Gasteiger partial charge is 0.337 e. The number of benzene rings is 3. The van der Waals surface area contributed by atoms with Gasteiger partial charge >= 0.3 is 5.97 Å². The van der Waals surface area contributed by atoms with Crippen molar-refractivity contribution in [2.45, 2.75) is 0 Å². The SMILES string of the molecule is O=C(O)c1ccccc1Nc1cc(Nc2ccc(Oc3ccccc3)cc2)ncn1. The minimum Gasteiger partial charge on any atom is -0.478 e. The zero-order valence-electron chi connectivity index (χ0n) is 15.8. The van der Waals surface area contributed by atoms with Crippen LogP contribution in [0.1, 0.15) is 10.4 Å². The zero-order chi connectivity index (χ0) is 20.8. The van der Waals surface area contributed by atoms with Crippen LogP contribution < -0.4 is 15.4 Å². The summed E-state index contributed by atoms with van der Waals surface area (Å²) in [6.45, 7) is 0. The van der Waals surface area contributed by atoms with Crippen LogP contribution in [0.4, 0.5) is 23.0 Å². The highest BCUT2D eigenvalue weighted by Gasteiger charge is 2.10. The maximum absolute atomic E-state index is 11.4. The predicted octanol–water partition coefficient (Wildman–Crippen LogP) is 5.45. The number of nitrogens with zero attached hydrogens (tertiary/aromatic N) is 2. The van der Waals surface area contributed by atoms with Gasteiger partial charge in [-0.2, -0.15) is 0 Å². The normalized spacial score (nSPS) is 10.3. The number of carbonyl (C=O) groups is 1. The maximum Gasteiger partial charge on any atom is 0.337 e. The molecule has 0 spiro atoms. The third kappa shape index (κ3) is 4.71. The highest BCUT2D eigenvalue weighted by molar-refractivity contribution is 5.95. The molecule has 0 aliphatic heterocycles. The Morgan fingerprint density at radius 1 is 0.767 bits per heavy atom. The number of ether oxygens (including phenoxy) is 1. The number of aromatic carboxylic acids is 1. The summed E-state index contributed by atoms with van der Waals surface area (Å²) in [7, 11) is 0. The van der Waals surface area contributed by atoms with Gasteiger partial charge in [0, 0.05) is 11.8 Å². The Labute approximate surface area is 173 Å². The van der Waals surface area contributed by atoms with Crippen LogP contribution in [0.25, 0.3) is 0 Å². The Balaban J connectivity index is 1.45. The molecule has 4 rings (SSSR count). The highest BCUT2D eigenvalue weighted by Crippen LogP contribution is 2.25. The summed E-state index contributed by atoms with van der Waals surface area (Å²) in [6.07, 6.45) is 1.40. The number of hydrogen-bond donors (Lipinski definition) is 3. The van der Waals surface area contributed by atoms with Crippen molar-refractivity contribution in [2.24, 2.45) is 0 Å². The number of carboxylic acid groups (broad SMARTS) is 1. The molecule has 7 nitrogen and oxygen atoms in total. The number of rotatable bonds is 7. The van der Waals surface area contributed by atoms with E-state index in [-0.39, 0.29) is 5.56 Å². The average molecular weight is 398 g/mol. The van der Waals surface area contributed by atoms with E-state index in [9.17, 15) is 9.90 Å². The molecule has 0 bridgehead atoms. The van der Waals surface area contributed by atoms with Gasteiger partial charge in [0.2, 0.25) is 0 Å². The lowest BCUT2D eigenvalue weighted by Crippen LogP contribution is -2.04. The number of para-hydroxylation sites is 2. The monoisotopic (exact) mass is 398 g/mol. The Morgan fingerprint density at radius 2 is 1.40 bits per heavy atom. The molecule has 0 fully saturated rings. The third-order valence-corrected chi connectivity index (χ3v) is 4.19. The molecular weight excluding hydrogens is 380 g/mol. The first-order chi connectivity index (χ1) is 14.7. The van der Waals surface area contributed by atoms with Crippen LogP contribution in [0.3, 0.4) is 0 Å². The van der Waals surface area contributed by atoms with Gasteiger partial charge in [0.05, 0.1) is 11.3 Å². The van der Waals surface area contributed by atoms with Crippen molar-refractivity contribution in [3.05, 3.63) is 96.8 Å². The van der Waals surface area contributed by atoms with E-state index < -0.39 is 5.97 Å². The Morgan fingerprint density at radius 3 is 2.13 bits per heavy atom. The van der Waals surface area contributed by atoms with E-state index in [2.05, 4.69) is 20.6 Å². The minimum absolute atomic E-state index is 0.166. The molecule has 0 atom stereocenters. The quantitative estimate of drug-likeness (QED) is 0.381. The second-order valence-electron chi connectivity index (χ2n) is 6.33. The van der Waals surface area contributed by atoms with Gasteiger partial charge in [0.1, 0.15) is 29.5 Å². The number of aromatic nitrogens is 2. The highest BCUT2D eigenvalue weighted by atomic mass is 16.5. The van der Waals surface area contributed by atoms with Crippen LogP contribution in [0, 0.1) is 0 Å². The van der Waals surface area contributed by atoms with E-state index in [1.54, 1.807) is 24.3 Å². The van der Waals surface area contributed by atoms with Crippen LogP contribution in [-0.4, -0.2) is 21.0 Å². The third-order valence-electron chi connectivity index (χ3n) is 4.19. The summed E-state index contributed by atoms with van der Waals surface area (Å²) in [4.78, 5) is 19.7. The van der Waals surface area contributed by atoms with E-state index in [0.717, 1.165) is 17.2 Å². The first-order valence-corrected chi connectivity index (χ1v) is 9.19. The summed E-state index contributed by atoms with van der Waals surface area (Å²) in [6, 6.07) is 25.4. The number of hydrogen-bond acceptors (Lipinski definition) is 6. The average Bonchev–Trinajstić information content (AvgIpc) is 2.76. The molecule has 3 aromatic carbocycles. The molecule has 7 heteroatoms. The molecule has 0 aliphatic carbocycles. The summed E-state index contributed by atoms with van der Waals surface area (Å²) in [5.41, 5.74) is 1.45.